The number of benzene rings is 1. The fourth-order valence-electron chi connectivity index (χ4n) is 1.82. The van der Waals surface area contributed by atoms with Crippen LogP contribution in [0, 0.1) is 5.41 Å². The Morgan fingerprint density at radius 2 is 2.06 bits per heavy atom. The van der Waals surface area contributed by atoms with Crippen LogP contribution in [0.4, 0.5) is 0 Å². The van der Waals surface area contributed by atoms with Crippen LogP contribution in [0.5, 0.6) is 0 Å². The molecule has 0 amide bonds. The molecule has 0 bridgehead atoms. The lowest BCUT2D eigenvalue weighted by molar-refractivity contribution is -0.109. The van der Waals surface area contributed by atoms with Crippen LogP contribution in [0.2, 0.25) is 0 Å². The van der Waals surface area contributed by atoms with Crippen molar-refractivity contribution in [1.82, 2.24) is 0 Å². The minimum absolute atomic E-state index is 0.0145. The van der Waals surface area contributed by atoms with Gasteiger partial charge in [0.25, 0.3) is 0 Å². The van der Waals surface area contributed by atoms with E-state index in [2.05, 4.69) is 6.92 Å². The van der Waals surface area contributed by atoms with Gasteiger partial charge in [-0.3, -0.25) is 4.79 Å². The molecule has 0 spiro atoms. The second-order valence-corrected chi connectivity index (χ2v) is 5.56. The van der Waals surface area contributed by atoms with Crippen molar-refractivity contribution in [3.63, 3.8) is 0 Å². The number of ether oxygens (including phenoxy) is 1. The molecule has 1 aromatic carbocycles. The Kier molecular flexibility index (Phi) is 3.86. The van der Waals surface area contributed by atoms with E-state index in [0.29, 0.717) is 18.8 Å². The Morgan fingerprint density at radius 3 is 2.47 bits per heavy atom. The summed E-state index contributed by atoms with van der Waals surface area (Å²) in [6.07, 6.45) is 0. The van der Waals surface area contributed by atoms with Gasteiger partial charge >= 0.3 is 0 Å². The van der Waals surface area contributed by atoms with Crippen LogP contribution in [0.1, 0.15) is 17.3 Å². The van der Waals surface area contributed by atoms with Crippen LogP contribution < -0.4 is 0 Å². The number of hydrogen-bond acceptors (Lipinski definition) is 4. The highest BCUT2D eigenvalue weighted by Crippen LogP contribution is 2.31. The summed E-state index contributed by atoms with van der Waals surface area (Å²) < 4.78 is 5.05. The molecule has 17 heavy (non-hydrogen) atoms. The van der Waals surface area contributed by atoms with Gasteiger partial charge < -0.3 is 9.84 Å². The smallest absolute Gasteiger partial charge is 0.175 e. The molecule has 0 aromatic heterocycles. The summed E-state index contributed by atoms with van der Waals surface area (Å²) >= 11 is 1.74. The summed E-state index contributed by atoms with van der Waals surface area (Å²) in [6, 6.07) is 7.56. The Labute approximate surface area is 105 Å². The van der Waals surface area contributed by atoms with Crippen molar-refractivity contribution in [2.75, 3.05) is 25.6 Å². The fourth-order valence-corrected chi connectivity index (χ4v) is 2.48. The third kappa shape index (κ3) is 2.39. The van der Waals surface area contributed by atoms with Crippen LogP contribution in [-0.4, -0.2) is 36.5 Å². The summed E-state index contributed by atoms with van der Waals surface area (Å²) in [5, 5.41) is 9.30. The highest BCUT2D eigenvalue weighted by Gasteiger charge is 2.45. The van der Waals surface area contributed by atoms with Crippen molar-refractivity contribution < 1.29 is 14.6 Å². The molecule has 0 saturated carbocycles. The van der Waals surface area contributed by atoms with Gasteiger partial charge in [0, 0.05) is 10.5 Å². The predicted octanol–water partition coefficient (Wildman–Crippen LogP) is 1.99. The Bertz CT molecular complexity index is 390. The molecule has 0 aliphatic carbocycles. The normalized spacial score (nSPS) is 17.5. The van der Waals surface area contributed by atoms with E-state index in [-0.39, 0.29) is 12.4 Å². The Balaban J connectivity index is 2.14. The van der Waals surface area contributed by atoms with Crippen molar-refractivity contribution in [2.24, 2.45) is 5.41 Å². The predicted molar refractivity (Wildman–Crippen MR) is 67.5 cm³/mol. The number of Topliss-reactive ketones (excluding diaryl/α,β-unsaturated/α-hetero) is 1. The molecule has 1 N–H and O–H groups in total. The van der Waals surface area contributed by atoms with Gasteiger partial charge in [-0.2, -0.15) is 0 Å². The summed E-state index contributed by atoms with van der Waals surface area (Å²) in [5.74, 6) is 1.00. The molecule has 92 valence electrons. The topological polar surface area (TPSA) is 46.5 Å². The molecule has 1 aliphatic heterocycles. The highest BCUT2D eigenvalue weighted by molar-refractivity contribution is 7.99. The number of aliphatic hydroxyl groups is 1. The second-order valence-electron chi connectivity index (χ2n) is 4.22. The molecule has 1 saturated heterocycles. The first-order valence-corrected chi connectivity index (χ1v) is 6.67. The summed E-state index contributed by atoms with van der Waals surface area (Å²) in [6.45, 7) is 2.61. The summed E-state index contributed by atoms with van der Waals surface area (Å²) in [7, 11) is 0. The minimum Gasteiger partial charge on any atom is -0.395 e. The average Bonchev–Trinajstić information content (AvgIpc) is 2.29. The zero-order chi connectivity index (χ0) is 12.3. The quantitative estimate of drug-likeness (QED) is 0.643. The molecule has 0 atom stereocenters. The van der Waals surface area contributed by atoms with Gasteiger partial charge in [0.05, 0.1) is 19.8 Å². The van der Waals surface area contributed by atoms with E-state index in [0.717, 1.165) is 10.6 Å². The largest absolute Gasteiger partial charge is 0.395 e. The highest BCUT2D eigenvalue weighted by atomic mass is 32.2. The minimum atomic E-state index is -0.695. The lowest BCUT2D eigenvalue weighted by atomic mass is 9.79. The lowest BCUT2D eigenvalue weighted by Gasteiger charge is -2.38. The van der Waals surface area contributed by atoms with Gasteiger partial charge in [-0.25, -0.2) is 0 Å². The van der Waals surface area contributed by atoms with Crippen molar-refractivity contribution in [2.45, 2.75) is 11.8 Å². The maximum Gasteiger partial charge on any atom is 0.175 e. The lowest BCUT2D eigenvalue weighted by Crippen LogP contribution is -2.51. The van der Waals surface area contributed by atoms with E-state index < -0.39 is 5.41 Å². The molecule has 1 aliphatic rings. The first-order valence-electron chi connectivity index (χ1n) is 5.68. The molecular formula is C13H16O3S. The number of hydrogen-bond donors (Lipinski definition) is 1. The number of thioether (sulfide) groups is 1. The molecule has 0 radical (unpaired) electrons. The number of aliphatic hydroxyl groups excluding tert-OH is 1. The summed E-state index contributed by atoms with van der Waals surface area (Å²) in [4.78, 5) is 13.4. The molecule has 1 fully saturated rings. The van der Waals surface area contributed by atoms with Gasteiger partial charge in [-0.05, 0) is 17.9 Å². The third-order valence-electron chi connectivity index (χ3n) is 2.97. The van der Waals surface area contributed by atoms with Crippen LogP contribution in [-0.2, 0) is 4.74 Å². The van der Waals surface area contributed by atoms with E-state index >= 15 is 0 Å². The van der Waals surface area contributed by atoms with Gasteiger partial charge in [0.15, 0.2) is 5.78 Å². The van der Waals surface area contributed by atoms with Crippen molar-refractivity contribution in [1.29, 1.82) is 0 Å². The Morgan fingerprint density at radius 1 is 1.41 bits per heavy atom. The number of ketones is 1. The van der Waals surface area contributed by atoms with Crippen LogP contribution in [0.15, 0.2) is 29.2 Å². The average molecular weight is 252 g/mol. The summed E-state index contributed by atoms with van der Waals surface area (Å²) in [5.41, 5.74) is -0.0397. The number of carbonyl (C=O) groups excluding carboxylic acids is 1. The molecular weight excluding hydrogens is 236 g/mol. The van der Waals surface area contributed by atoms with E-state index in [4.69, 9.17) is 4.74 Å². The first-order chi connectivity index (χ1) is 8.22. The Hall–Kier alpha value is -0.840. The molecule has 3 nitrogen and oxygen atoms in total. The van der Waals surface area contributed by atoms with Gasteiger partial charge in [0.2, 0.25) is 0 Å². The number of rotatable bonds is 5. The second kappa shape index (κ2) is 5.21. The van der Waals surface area contributed by atoms with Crippen LogP contribution >= 0.6 is 11.8 Å². The van der Waals surface area contributed by atoms with Gasteiger partial charge in [-0.1, -0.05) is 19.1 Å². The molecule has 1 aromatic rings. The number of carbonyl (C=O) groups is 1. The van der Waals surface area contributed by atoms with E-state index in [1.807, 2.05) is 24.3 Å². The zero-order valence-electron chi connectivity index (χ0n) is 9.81. The monoisotopic (exact) mass is 252 g/mol. The zero-order valence-corrected chi connectivity index (χ0v) is 10.6. The standard InChI is InChI=1S/C13H16O3S/c1-2-17-11-5-3-10(4-6-11)12(15)13(7-14)8-16-9-13/h3-6,14H,2,7-9H2,1H3. The van der Waals surface area contributed by atoms with Crippen LogP contribution in [0.3, 0.4) is 0 Å². The molecule has 4 heteroatoms. The molecule has 1 heterocycles. The molecule has 0 unspecified atom stereocenters. The van der Waals surface area contributed by atoms with Crippen molar-refractivity contribution >= 4 is 17.5 Å². The van der Waals surface area contributed by atoms with Crippen molar-refractivity contribution in [3.8, 4) is 0 Å². The van der Waals surface area contributed by atoms with Gasteiger partial charge in [-0.15, -0.1) is 11.8 Å². The maximum absolute atomic E-state index is 12.2. The SMILES string of the molecule is CCSc1ccc(C(=O)C2(CO)COC2)cc1. The fraction of sp³-hybridized carbons (Fsp3) is 0.462. The third-order valence-corrected chi connectivity index (χ3v) is 3.86. The van der Waals surface area contributed by atoms with E-state index in [9.17, 15) is 9.90 Å². The van der Waals surface area contributed by atoms with Crippen molar-refractivity contribution in [3.05, 3.63) is 29.8 Å². The van der Waals surface area contributed by atoms with Gasteiger partial charge in [0.1, 0.15) is 5.41 Å². The first kappa shape index (κ1) is 12.6. The van der Waals surface area contributed by atoms with Crippen LogP contribution in [0.25, 0.3) is 0 Å². The van der Waals surface area contributed by atoms with E-state index in [1.54, 1.807) is 11.8 Å². The maximum atomic E-state index is 12.2. The van der Waals surface area contributed by atoms with E-state index in [1.165, 1.54) is 0 Å². The molecule has 2 rings (SSSR count).